The summed E-state index contributed by atoms with van der Waals surface area (Å²) in [5.74, 6) is -0.837. The lowest BCUT2D eigenvalue weighted by atomic mass is 10.1. The lowest BCUT2D eigenvalue weighted by Crippen LogP contribution is -2.23. The van der Waals surface area contributed by atoms with Gasteiger partial charge in [-0.1, -0.05) is 12.1 Å². The van der Waals surface area contributed by atoms with Crippen LogP contribution in [0.3, 0.4) is 0 Å². The Morgan fingerprint density at radius 2 is 1.88 bits per heavy atom. The molecule has 0 aliphatic rings. The van der Waals surface area contributed by atoms with Gasteiger partial charge in [0.2, 0.25) is 0 Å². The highest BCUT2D eigenvalue weighted by molar-refractivity contribution is 14.1. The van der Waals surface area contributed by atoms with Crippen LogP contribution in [0.15, 0.2) is 36.4 Å². The number of nitro benzene ring substituents is 1. The first kappa shape index (κ1) is 17.9. The number of nitrogens with one attached hydrogen (secondary N) is 2. The van der Waals surface area contributed by atoms with Gasteiger partial charge in [-0.2, -0.15) is 0 Å². The van der Waals surface area contributed by atoms with E-state index in [-0.39, 0.29) is 17.2 Å². The molecule has 2 N–H and O–H groups in total. The minimum Gasteiger partial charge on any atom is -0.355 e. The maximum Gasteiger partial charge on any atom is 0.270 e. The largest absolute Gasteiger partial charge is 0.355 e. The number of hydrogen-bond acceptors (Lipinski definition) is 4. The van der Waals surface area contributed by atoms with Crippen molar-refractivity contribution in [1.82, 2.24) is 5.32 Å². The summed E-state index contributed by atoms with van der Waals surface area (Å²) in [4.78, 5) is 34.9. The number of nitro groups is 1. The molecule has 8 heteroatoms. The molecule has 0 saturated carbocycles. The molecule has 24 heavy (non-hydrogen) atoms. The number of carbonyl (C=O) groups is 2. The topological polar surface area (TPSA) is 101 Å². The van der Waals surface area contributed by atoms with E-state index in [2.05, 4.69) is 10.6 Å². The fourth-order valence-corrected chi connectivity index (χ4v) is 2.77. The Kier molecular flexibility index (Phi) is 5.50. The molecule has 0 aromatic heterocycles. The molecule has 0 radical (unpaired) electrons. The Labute approximate surface area is 151 Å². The molecule has 2 amide bonds. The van der Waals surface area contributed by atoms with Gasteiger partial charge in [-0.3, -0.25) is 19.7 Å². The van der Waals surface area contributed by atoms with Crippen molar-refractivity contribution >= 4 is 45.8 Å². The van der Waals surface area contributed by atoms with Gasteiger partial charge in [-0.15, -0.1) is 0 Å². The number of aryl methyl sites for hydroxylation is 1. The third-order valence-corrected chi connectivity index (χ3v) is 4.32. The molecule has 2 aromatic carbocycles. The van der Waals surface area contributed by atoms with Crippen molar-refractivity contribution in [2.24, 2.45) is 0 Å². The smallest absolute Gasteiger partial charge is 0.270 e. The van der Waals surface area contributed by atoms with Crippen LogP contribution < -0.4 is 10.6 Å². The molecule has 7 nitrogen and oxygen atoms in total. The summed E-state index contributed by atoms with van der Waals surface area (Å²) < 4.78 is 0.574. The van der Waals surface area contributed by atoms with Gasteiger partial charge in [0.05, 0.1) is 21.7 Å². The Hall–Kier alpha value is -2.49. The van der Waals surface area contributed by atoms with Crippen molar-refractivity contribution < 1.29 is 14.5 Å². The van der Waals surface area contributed by atoms with Crippen molar-refractivity contribution in [3.05, 3.63) is 66.8 Å². The Morgan fingerprint density at radius 1 is 1.17 bits per heavy atom. The van der Waals surface area contributed by atoms with Crippen LogP contribution >= 0.6 is 22.6 Å². The highest BCUT2D eigenvalue weighted by Crippen LogP contribution is 2.23. The zero-order valence-corrected chi connectivity index (χ0v) is 15.1. The molecule has 0 bridgehead atoms. The number of anilines is 1. The number of carbonyl (C=O) groups excluding carboxylic acids is 2. The van der Waals surface area contributed by atoms with E-state index in [0.717, 1.165) is 0 Å². The predicted octanol–water partition coefficient (Wildman–Crippen LogP) is 3.12. The first-order chi connectivity index (χ1) is 11.3. The number of amides is 2. The molecule has 0 heterocycles. The lowest BCUT2D eigenvalue weighted by molar-refractivity contribution is -0.384. The van der Waals surface area contributed by atoms with Crippen molar-refractivity contribution in [2.45, 2.75) is 6.92 Å². The number of non-ortho nitro benzene ring substituents is 1. The standard InChI is InChI=1S/C16H14IN3O4/c1-9-4-3-5-13(14(9)16(22)18-2)19-15(21)11-8-10(20(23)24)6-7-12(11)17/h3-8H,1-2H3,(H,18,22)(H,19,21). The molecule has 0 aliphatic carbocycles. The van der Waals surface area contributed by atoms with E-state index in [9.17, 15) is 19.7 Å². The maximum absolute atomic E-state index is 12.5. The summed E-state index contributed by atoms with van der Waals surface area (Å²) in [7, 11) is 1.50. The highest BCUT2D eigenvalue weighted by atomic mass is 127. The number of benzene rings is 2. The zero-order valence-electron chi connectivity index (χ0n) is 12.9. The van der Waals surface area contributed by atoms with Crippen LogP contribution in [-0.4, -0.2) is 23.8 Å². The Morgan fingerprint density at radius 3 is 2.50 bits per heavy atom. The van der Waals surface area contributed by atoms with Crippen LogP contribution in [-0.2, 0) is 0 Å². The van der Waals surface area contributed by atoms with Crippen molar-refractivity contribution in [3.8, 4) is 0 Å². The Balaban J connectivity index is 2.41. The average molecular weight is 439 g/mol. The van der Waals surface area contributed by atoms with Crippen LogP contribution in [0.1, 0.15) is 26.3 Å². The van der Waals surface area contributed by atoms with Crippen molar-refractivity contribution in [3.63, 3.8) is 0 Å². The molecule has 124 valence electrons. The van der Waals surface area contributed by atoms with Gasteiger partial charge < -0.3 is 10.6 Å². The first-order valence-corrected chi connectivity index (χ1v) is 8.00. The van der Waals surface area contributed by atoms with E-state index in [1.54, 1.807) is 25.1 Å². The number of halogens is 1. The second-order valence-corrected chi connectivity index (χ2v) is 6.11. The average Bonchev–Trinajstić information content (AvgIpc) is 2.54. The molecule has 0 fully saturated rings. The summed E-state index contributed by atoms with van der Waals surface area (Å²) >= 11 is 1.93. The lowest BCUT2D eigenvalue weighted by Gasteiger charge is -2.13. The predicted molar refractivity (Wildman–Crippen MR) is 98.3 cm³/mol. The van der Waals surface area contributed by atoms with E-state index in [1.165, 1.54) is 25.2 Å². The SMILES string of the molecule is CNC(=O)c1c(C)cccc1NC(=O)c1cc([N+](=O)[O-])ccc1I. The fraction of sp³-hybridized carbons (Fsp3) is 0.125. The van der Waals surface area contributed by atoms with Crippen LogP contribution in [0.25, 0.3) is 0 Å². The molecule has 2 rings (SSSR count). The number of hydrogen-bond donors (Lipinski definition) is 2. The van der Waals surface area contributed by atoms with Gasteiger partial charge >= 0.3 is 0 Å². The second-order valence-electron chi connectivity index (χ2n) is 4.95. The van der Waals surface area contributed by atoms with Gasteiger partial charge in [-0.05, 0) is 47.2 Å². The van der Waals surface area contributed by atoms with Crippen molar-refractivity contribution in [1.29, 1.82) is 0 Å². The Bertz CT molecular complexity index is 836. The van der Waals surface area contributed by atoms with Gasteiger partial charge in [0.15, 0.2) is 0 Å². The van der Waals surface area contributed by atoms with E-state index < -0.39 is 10.8 Å². The minimum atomic E-state index is -0.560. The van der Waals surface area contributed by atoms with E-state index >= 15 is 0 Å². The summed E-state index contributed by atoms with van der Waals surface area (Å²) in [6, 6.07) is 9.14. The number of nitrogens with zero attached hydrogens (tertiary/aromatic N) is 1. The second kappa shape index (κ2) is 7.39. The third-order valence-electron chi connectivity index (χ3n) is 3.38. The monoisotopic (exact) mass is 439 g/mol. The third kappa shape index (κ3) is 3.70. The van der Waals surface area contributed by atoms with E-state index in [0.29, 0.717) is 20.4 Å². The summed E-state index contributed by atoms with van der Waals surface area (Å²) in [6.07, 6.45) is 0. The molecule has 0 unspecified atom stereocenters. The molecule has 2 aromatic rings. The number of rotatable bonds is 4. The van der Waals surface area contributed by atoms with Gasteiger partial charge in [0.25, 0.3) is 17.5 Å². The normalized spacial score (nSPS) is 10.1. The molecule has 0 saturated heterocycles. The molecule has 0 spiro atoms. The quantitative estimate of drug-likeness (QED) is 0.434. The van der Waals surface area contributed by atoms with Crippen LogP contribution in [0.2, 0.25) is 0 Å². The summed E-state index contributed by atoms with van der Waals surface area (Å²) in [6.45, 7) is 1.76. The van der Waals surface area contributed by atoms with E-state index in [4.69, 9.17) is 0 Å². The fourth-order valence-electron chi connectivity index (χ4n) is 2.19. The van der Waals surface area contributed by atoms with Gasteiger partial charge in [0, 0.05) is 22.8 Å². The molecular weight excluding hydrogens is 425 g/mol. The highest BCUT2D eigenvalue weighted by Gasteiger charge is 2.19. The molecule has 0 atom stereocenters. The summed E-state index contributed by atoms with van der Waals surface area (Å²) in [5.41, 5.74) is 1.42. The minimum absolute atomic E-state index is 0.170. The molecular formula is C16H14IN3O4. The summed E-state index contributed by atoms with van der Waals surface area (Å²) in [5, 5.41) is 16.1. The van der Waals surface area contributed by atoms with Crippen molar-refractivity contribution in [2.75, 3.05) is 12.4 Å². The van der Waals surface area contributed by atoms with E-state index in [1.807, 2.05) is 22.6 Å². The van der Waals surface area contributed by atoms with Crippen LogP contribution in [0.5, 0.6) is 0 Å². The van der Waals surface area contributed by atoms with Gasteiger partial charge in [0.1, 0.15) is 0 Å². The van der Waals surface area contributed by atoms with Gasteiger partial charge in [-0.25, -0.2) is 0 Å². The molecule has 0 aliphatic heterocycles. The van der Waals surface area contributed by atoms with Crippen LogP contribution in [0, 0.1) is 20.6 Å². The first-order valence-electron chi connectivity index (χ1n) is 6.92. The maximum atomic E-state index is 12.5. The van der Waals surface area contributed by atoms with Crippen LogP contribution in [0.4, 0.5) is 11.4 Å². The zero-order chi connectivity index (χ0) is 17.9.